The molecule has 0 radical (unpaired) electrons. The van der Waals surface area contributed by atoms with Crippen LogP contribution in [0.4, 0.5) is 14.5 Å². The van der Waals surface area contributed by atoms with Crippen molar-refractivity contribution in [3.63, 3.8) is 0 Å². The minimum atomic E-state index is -3.70. The van der Waals surface area contributed by atoms with Crippen LogP contribution in [0.25, 0.3) is 10.9 Å². The summed E-state index contributed by atoms with van der Waals surface area (Å²) in [6, 6.07) is 12.3. The maximum Gasteiger partial charge on any atom is 0.586 e. The number of methoxy groups -OCH3 is 1. The van der Waals surface area contributed by atoms with Gasteiger partial charge in [0, 0.05) is 36.2 Å². The summed E-state index contributed by atoms with van der Waals surface area (Å²) in [6.07, 6.45) is -3.13. The van der Waals surface area contributed by atoms with Gasteiger partial charge >= 0.3 is 6.29 Å². The van der Waals surface area contributed by atoms with Crippen molar-refractivity contribution >= 4 is 22.5 Å². The van der Waals surface area contributed by atoms with Gasteiger partial charge in [-0.15, -0.1) is 8.78 Å². The normalized spacial score (nSPS) is 18.3. The molecule has 1 atom stereocenters. The minimum absolute atomic E-state index is 0. The summed E-state index contributed by atoms with van der Waals surface area (Å²) in [5.41, 5.74) is 2.31. The Morgan fingerprint density at radius 1 is 1.17 bits per heavy atom. The Balaban J connectivity index is 0.00000320. The summed E-state index contributed by atoms with van der Waals surface area (Å²) >= 11 is 0. The summed E-state index contributed by atoms with van der Waals surface area (Å²) in [5.74, 6) is -0.302. The molecule has 0 bridgehead atoms. The van der Waals surface area contributed by atoms with Crippen molar-refractivity contribution < 1.29 is 34.3 Å². The van der Waals surface area contributed by atoms with E-state index >= 15 is 0 Å². The number of fused-ring (bicyclic) bond motifs is 2. The average Bonchev–Trinajstić information content (AvgIpc) is 3.43. The van der Waals surface area contributed by atoms with Crippen LogP contribution < -0.4 is 14.8 Å². The van der Waals surface area contributed by atoms with Gasteiger partial charge in [0.1, 0.15) is 0 Å². The first-order valence-corrected chi connectivity index (χ1v) is 11.9. The van der Waals surface area contributed by atoms with Crippen LogP contribution in [0.1, 0.15) is 46.3 Å². The van der Waals surface area contributed by atoms with Crippen molar-refractivity contribution in [2.45, 2.75) is 63.4 Å². The monoisotopic (exact) mass is 502 g/mol. The van der Waals surface area contributed by atoms with Crippen molar-refractivity contribution in [3.8, 4) is 11.5 Å². The quantitative estimate of drug-likeness (QED) is 0.465. The Kier molecular flexibility index (Phi) is 5.76. The second-order valence-electron chi connectivity index (χ2n) is 10.6. The number of carbonyl (C=O) groups is 1. The van der Waals surface area contributed by atoms with E-state index in [4.69, 9.17) is 4.74 Å². The Bertz CT molecular complexity index is 1330. The van der Waals surface area contributed by atoms with E-state index in [0.29, 0.717) is 30.6 Å². The third kappa shape index (κ3) is 4.41. The summed E-state index contributed by atoms with van der Waals surface area (Å²) in [4.78, 5) is 13.3. The molecular weight excluding hydrogens is 470 g/mol. The van der Waals surface area contributed by atoms with E-state index in [0.717, 1.165) is 16.6 Å². The number of amides is 1. The van der Waals surface area contributed by atoms with Crippen molar-refractivity contribution in [2.24, 2.45) is 0 Å². The zero-order chi connectivity index (χ0) is 25.9. The molecule has 1 aliphatic heterocycles. The zero-order valence-corrected chi connectivity index (χ0v) is 20.7. The zero-order valence-electron chi connectivity index (χ0n) is 20.7. The molecule has 2 aliphatic rings. The van der Waals surface area contributed by atoms with Gasteiger partial charge in [-0.25, -0.2) is 0 Å². The molecule has 2 N–H and O–H groups in total. The van der Waals surface area contributed by atoms with Crippen LogP contribution in [-0.2, 0) is 26.9 Å². The summed E-state index contributed by atoms with van der Waals surface area (Å²) < 4.78 is 43.1. The number of benzene rings is 2. The van der Waals surface area contributed by atoms with E-state index in [1.165, 1.54) is 12.1 Å². The molecule has 5 rings (SSSR count). The number of alkyl halides is 2. The summed E-state index contributed by atoms with van der Waals surface area (Å²) in [5, 5.41) is 14.3. The van der Waals surface area contributed by atoms with Gasteiger partial charge in [0.25, 0.3) is 0 Å². The number of nitrogens with zero attached hydrogens (tertiary/aromatic N) is 1. The number of carbonyl (C=O) groups excluding carboxylic acids is 1. The van der Waals surface area contributed by atoms with Crippen molar-refractivity contribution in [2.75, 3.05) is 19.0 Å². The van der Waals surface area contributed by atoms with Crippen LogP contribution in [0.3, 0.4) is 0 Å². The number of nitrogens with one attached hydrogen (secondary N) is 1. The molecule has 1 unspecified atom stereocenters. The average molecular weight is 503 g/mol. The van der Waals surface area contributed by atoms with Crippen LogP contribution in [-0.4, -0.2) is 41.7 Å². The van der Waals surface area contributed by atoms with Gasteiger partial charge in [0.05, 0.1) is 24.7 Å². The van der Waals surface area contributed by atoms with Crippen molar-refractivity contribution in [3.05, 3.63) is 53.7 Å². The number of rotatable bonds is 7. The van der Waals surface area contributed by atoms with E-state index in [1.807, 2.05) is 18.2 Å². The number of hydrogen-bond donors (Lipinski definition) is 2. The van der Waals surface area contributed by atoms with Crippen molar-refractivity contribution in [1.29, 1.82) is 0 Å². The van der Waals surface area contributed by atoms with Gasteiger partial charge in [0.2, 0.25) is 5.91 Å². The van der Waals surface area contributed by atoms with E-state index in [1.54, 1.807) is 13.2 Å². The highest BCUT2D eigenvalue weighted by atomic mass is 19.3. The number of aliphatic hydroxyl groups excluding tert-OH is 1. The molecule has 1 saturated carbocycles. The molecule has 1 amide bonds. The van der Waals surface area contributed by atoms with Gasteiger partial charge in [-0.3, -0.25) is 4.79 Å². The SMILES string of the molecule is COCC(O)Cn1c(C(C)(C)C)cc2cc(NC(=O)C3(c4ccc5c(c4)OC(F)(F)O5)CC3)ccc21.[HH]. The molecule has 2 aromatic carbocycles. The van der Waals surface area contributed by atoms with Gasteiger partial charge < -0.3 is 29.2 Å². The molecule has 3 aromatic rings. The molecule has 2 heterocycles. The maximum atomic E-state index is 13.4. The number of aromatic nitrogens is 1. The lowest BCUT2D eigenvalue weighted by Gasteiger charge is -2.23. The lowest BCUT2D eigenvalue weighted by atomic mass is 9.92. The first-order valence-electron chi connectivity index (χ1n) is 11.9. The number of aliphatic hydroxyl groups is 1. The smallest absolute Gasteiger partial charge is 0.395 e. The van der Waals surface area contributed by atoms with Gasteiger partial charge in [-0.1, -0.05) is 26.8 Å². The predicted molar refractivity (Wildman–Crippen MR) is 133 cm³/mol. The van der Waals surface area contributed by atoms with Crippen LogP contribution in [0.2, 0.25) is 0 Å². The first kappa shape index (κ1) is 24.5. The molecule has 194 valence electrons. The standard InChI is InChI=1S/C27H30F2N2O5.H2/c1-25(2,3)23-12-16-11-18(6-7-20(16)31(23)14-19(32)15-34-4)30-24(33)26(9-10-26)17-5-8-21-22(13-17)36-27(28,29)35-21;/h5-8,11-13,19,32H,9-10,14-15H2,1-4H3,(H,30,33);1H. The third-order valence-corrected chi connectivity index (χ3v) is 6.82. The second-order valence-corrected chi connectivity index (χ2v) is 10.6. The predicted octanol–water partition coefficient (Wildman–Crippen LogP) is 5.18. The number of ether oxygens (including phenoxy) is 3. The maximum absolute atomic E-state index is 13.4. The van der Waals surface area contributed by atoms with Gasteiger partial charge in [-0.2, -0.15) is 0 Å². The van der Waals surface area contributed by atoms with Crippen LogP contribution in [0.15, 0.2) is 42.5 Å². The molecule has 1 aromatic heterocycles. The molecule has 1 aliphatic carbocycles. The second kappa shape index (κ2) is 8.45. The van der Waals surface area contributed by atoms with E-state index in [2.05, 4.69) is 46.2 Å². The van der Waals surface area contributed by atoms with Crippen molar-refractivity contribution in [1.82, 2.24) is 4.57 Å². The van der Waals surface area contributed by atoms with Crippen LogP contribution in [0, 0.1) is 0 Å². The highest BCUT2D eigenvalue weighted by Crippen LogP contribution is 2.52. The highest BCUT2D eigenvalue weighted by molar-refractivity contribution is 6.02. The molecule has 0 saturated heterocycles. The van der Waals surface area contributed by atoms with Crippen LogP contribution >= 0.6 is 0 Å². The Labute approximate surface area is 209 Å². The topological polar surface area (TPSA) is 82.0 Å². The molecule has 9 heteroatoms. The molecule has 1 fully saturated rings. The molecule has 0 spiro atoms. The fourth-order valence-electron chi connectivity index (χ4n) is 4.89. The summed E-state index contributed by atoms with van der Waals surface area (Å²) in [6.45, 7) is 6.96. The molecular formula is C27H32F2N2O5. The first-order chi connectivity index (χ1) is 16.9. The lowest BCUT2D eigenvalue weighted by molar-refractivity contribution is -0.286. The Morgan fingerprint density at radius 2 is 1.89 bits per heavy atom. The van der Waals surface area contributed by atoms with Gasteiger partial charge in [0.15, 0.2) is 11.5 Å². The Morgan fingerprint density at radius 3 is 2.56 bits per heavy atom. The largest absolute Gasteiger partial charge is 0.586 e. The number of halogens is 2. The van der Waals surface area contributed by atoms with Gasteiger partial charge in [-0.05, 0) is 54.8 Å². The molecule has 36 heavy (non-hydrogen) atoms. The number of anilines is 1. The number of hydrogen-bond acceptors (Lipinski definition) is 5. The fraction of sp³-hybridized carbons (Fsp3) is 0.444. The minimum Gasteiger partial charge on any atom is -0.395 e. The van der Waals surface area contributed by atoms with Crippen LogP contribution in [0.5, 0.6) is 11.5 Å². The fourth-order valence-corrected chi connectivity index (χ4v) is 4.89. The summed E-state index contributed by atoms with van der Waals surface area (Å²) in [7, 11) is 1.56. The third-order valence-electron chi connectivity index (χ3n) is 6.82. The lowest BCUT2D eigenvalue weighted by Crippen LogP contribution is -2.28. The molecule has 7 nitrogen and oxygen atoms in total. The van der Waals surface area contributed by atoms with E-state index in [-0.39, 0.29) is 30.9 Å². The Hall–Kier alpha value is -3.17. The van der Waals surface area contributed by atoms with E-state index in [9.17, 15) is 18.7 Å². The highest BCUT2D eigenvalue weighted by Gasteiger charge is 2.52. The van der Waals surface area contributed by atoms with E-state index < -0.39 is 17.8 Å².